The Morgan fingerprint density at radius 1 is 1.08 bits per heavy atom. The van der Waals surface area contributed by atoms with Gasteiger partial charge in [0, 0.05) is 24.5 Å². The molecule has 39 heavy (non-hydrogen) atoms. The molecule has 0 saturated heterocycles. The highest BCUT2D eigenvalue weighted by atomic mass is 16.6. The molecule has 0 spiro atoms. The fourth-order valence-electron chi connectivity index (χ4n) is 4.70. The van der Waals surface area contributed by atoms with Gasteiger partial charge in [0.2, 0.25) is 0 Å². The number of carbonyl (C=O) groups is 2. The van der Waals surface area contributed by atoms with Crippen molar-refractivity contribution < 1.29 is 19.4 Å². The number of phenols is 1. The summed E-state index contributed by atoms with van der Waals surface area (Å²) in [6.07, 6.45) is 2.36. The predicted molar refractivity (Wildman–Crippen MR) is 152 cm³/mol. The number of anilines is 1. The van der Waals surface area contributed by atoms with E-state index in [9.17, 15) is 14.7 Å². The summed E-state index contributed by atoms with van der Waals surface area (Å²) in [5.41, 5.74) is 5.70. The summed E-state index contributed by atoms with van der Waals surface area (Å²) in [6, 6.07) is 13.0. The van der Waals surface area contributed by atoms with E-state index in [4.69, 9.17) is 4.74 Å². The van der Waals surface area contributed by atoms with Crippen molar-refractivity contribution >= 4 is 17.7 Å². The number of amides is 2. The summed E-state index contributed by atoms with van der Waals surface area (Å²) in [6.45, 7) is 13.4. The minimum Gasteiger partial charge on any atom is -0.508 e. The van der Waals surface area contributed by atoms with E-state index in [1.165, 1.54) is 5.56 Å². The molecule has 8 heteroatoms. The van der Waals surface area contributed by atoms with Gasteiger partial charge in [0.1, 0.15) is 11.4 Å². The van der Waals surface area contributed by atoms with Crippen molar-refractivity contribution in [3.8, 4) is 5.75 Å². The lowest BCUT2D eigenvalue weighted by Crippen LogP contribution is -2.39. The summed E-state index contributed by atoms with van der Waals surface area (Å²) < 4.78 is 7.32. The molecule has 1 aliphatic rings. The third kappa shape index (κ3) is 7.40. The molecule has 0 radical (unpaired) electrons. The molecule has 8 nitrogen and oxygen atoms in total. The van der Waals surface area contributed by atoms with Gasteiger partial charge in [-0.25, -0.2) is 4.79 Å². The molecule has 4 rings (SSSR count). The number of aromatic nitrogens is 2. The van der Waals surface area contributed by atoms with E-state index in [0.717, 1.165) is 35.2 Å². The molecule has 1 aromatic heterocycles. The Morgan fingerprint density at radius 2 is 1.85 bits per heavy atom. The van der Waals surface area contributed by atoms with Gasteiger partial charge in [-0.05, 0) is 105 Å². The molecule has 2 N–H and O–H groups in total. The monoisotopic (exact) mass is 532 g/mol. The maximum atomic E-state index is 13.1. The van der Waals surface area contributed by atoms with Crippen molar-refractivity contribution in [2.24, 2.45) is 5.92 Å². The van der Waals surface area contributed by atoms with Crippen LogP contribution in [0.15, 0.2) is 42.5 Å². The summed E-state index contributed by atoms with van der Waals surface area (Å²) >= 11 is 0. The fraction of sp³-hybridized carbons (Fsp3) is 0.452. The Kier molecular flexibility index (Phi) is 8.33. The zero-order chi connectivity index (χ0) is 28.3. The van der Waals surface area contributed by atoms with Crippen molar-refractivity contribution in [3.63, 3.8) is 0 Å². The Morgan fingerprint density at radius 3 is 2.56 bits per heavy atom. The van der Waals surface area contributed by atoms with Gasteiger partial charge < -0.3 is 20.1 Å². The number of rotatable bonds is 7. The standard InChI is InChI=1S/C31H40N4O4/c1-20(2)7-8-22-10-12-27(36)17-25(22)19-35-21(3)15-28(33-35)29(37)32-26-11-9-24-18-34(14-13-23(24)16-26)30(38)39-31(4,5)6/h9-12,15-17,20,36H,7-8,13-14,18-19H2,1-6H3,(H,32,37). The largest absolute Gasteiger partial charge is 0.508 e. The van der Waals surface area contributed by atoms with Crippen LogP contribution >= 0.6 is 0 Å². The Hall–Kier alpha value is -3.81. The van der Waals surface area contributed by atoms with Gasteiger partial charge in [0.15, 0.2) is 5.69 Å². The molecule has 0 fully saturated rings. The van der Waals surface area contributed by atoms with Crippen LogP contribution in [0.3, 0.4) is 0 Å². The first-order chi connectivity index (χ1) is 18.4. The zero-order valence-electron chi connectivity index (χ0n) is 23.9. The summed E-state index contributed by atoms with van der Waals surface area (Å²) in [5.74, 6) is 0.530. The molecule has 2 aromatic carbocycles. The highest BCUT2D eigenvalue weighted by Crippen LogP contribution is 2.25. The topological polar surface area (TPSA) is 96.7 Å². The van der Waals surface area contributed by atoms with E-state index in [-0.39, 0.29) is 17.7 Å². The highest BCUT2D eigenvalue weighted by molar-refractivity contribution is 6.03. The van der Waals surface area contributed by atoms with Gasteiger partial charge in [-0.1, -0.05) is 26.0 Å². The van der Waals surface area contributed by atoms with Crippen LogP contribution in [0.5, 0.6) is 5.75 Å². The third-order valence-electron chi connectivity index (χ3n) is 6.84. The van der Waals surface area contributed by atoms with Gasteiger partial charge in [-0.15, -0.1) is 0 Å². The van der Waals surface area contributed by atoms with E-state index >= 15 is 0 Å². The van der Waals surface area contributed by atoms with Crippen LogP contribution in [-0.4, -0.2) is 43.9 Å². The molecule has 3 aromatic rings. The number of aryl methyl sites for hydroxylation is 2. The smallest absolute Gasteiger partial charge is 0.410 e. The van der Waals surface area contributed by atoms with Crippen LogP contribution in [0.25, 0.3) is 0 Å². The second kappa shape index (κ2) is 11.5. The number of benzene rings is 2. The minimum absolute atomic E-state index is 0.225. The van der Waals surface area contributed by atoms with Gasteiger partial charge in [-0.3, -0.25) is 9.48 Å². The average Bonchev–Trinajstić information content (AvgIpc) is 3.22. The first-order valence-electron chi connectivity index (χ1n) is 13.6. The van der Waals surface area contributed by atoms with Gasteiger partial charge in [-0.2, -0.15) is 5.10 Å². The van der Waals surface area contributed by atoms with Crippen molar-refractivity contribution in [3.05, 3.63) is 76.1 Å². The Balaban J connectivity index is 1.43. The molecule has 0 aliphatic carbocycles. The maximum absolute atomic E-state index is 13.1. The first kappa shape index (κ1) is 28.2. The van der Waals surface area contributed by atoms with Crippen LogP contribution < -0.4 is 5.32 Å². The third-order valence-corrected chi connectivity index (χ3v) is 6.84. The number of aromatic hydroxyl groups is 1. The second-order valence-corrected chi connectivity index (χ2v) is 11.8. The van der Waals surface area contributed by atoms with E-state index < -0.39 is 5.60 Å². The van der Waals surface area contributed by atoms with Crippen LogP contribution in [0, 0.1) is 12.8 Å². The number of nitrogens with one attached hydrogen (secondary N) is 1. The molecular weight excluding hydrogens is 492 g/mol. The van der Waals surface area contributed by atoms with Gasteiger partial charge in [0.25, 0.3) is 5.91 Å². The van der Waals surface area contributed by atoms with E-state index in [0.29, 0.717) is 43.4 Å². The fourth-order valence-corrected chi connectivity index (χ4v) is 4.70. The van der Waals surface area contributed by atoms with Gasteiger partial charge >= 0.3 is 6.09 Å². The quantitative estimate of drug-likeness (QED) is 0.384. The number of fused-ring (bicyclic) bond motifs is 1. The minimum atomic E-state index is -0.532. The number of carbonyl (C=O) groups excluding carboxylic acids is 2. The van der Waals surface area contributed by atoms with Crippen LogP contribution in [0.2, 0.25) is 0 Å². The lowest BCUT2D eigenvalue weighted by Gasteiger charge is -2.31. The Labute approximate surface area is 231 Å². The lowest BCUT2D eigenvalue weighted by atomic mass is 9.98. The van der Waals surface area contributed by atoms with E-state index in [2.05, 4.69) is 24.3 Å². The number of hydrogen-bond acceptors (Lipinski definition) is 5. The molecule has 208 valence electrons. The van der Waals surface area contributed by atoms with Gasteiger partial charge in [0.05, 0.1) is 6.54 Å². The Bertz CT molecular complexity index is 1350. The lowest BCUT2D eigenvalue weighted by molar-refractivity contribution is 0.0224. The molecule has 2 amide bonds. The highest BCUT2D eigenvalue weighted by Gasteiger charge is 2.26. The molecule has 0 atom stereocenters. The summed E-state index contributed by atoms with van der Waals surface area (Å²) in [7, 11) is 0. The number of nitrogens with zero attached hydrogens (tertiary/aromatic N) is 3. The van der Waals surface area contributed by atoms with Crippen LogP contribution in [0.4, 0.5) is 10.5 Å². The van der Waals surface area contributed by atoms with Crippen molar-refractivity contribution in [2.75, 3.05) is 11.9 Å². The van der Waals surface area contributed by atoms with Crippen molar-refractivity contribution in [1.29, 1.82) is 0 Å². The number of hydrogen-bond donors (Lipinski definition) is 2. The molecular formula is C31H40N4O4. The molecule has 1 aliphatic heterocycles. The summed E-state index contributed by atoms with van der Waals surface area (Å²) in [4.78, 5) is 27.2. The predicted octanol–water partition coefficient (Wildman–Crippen LogP) is 6.08. The number of ether oxygens (including phenoxy) is 1. The zero-order valence-corrected chi connectivity index (χ0v) is 23.9. The first-order valence-corrected chi connectivity index (χ1v) is 13.6. The molecule has 0 unspecified atom stereocenters. The van der Waals surface area contributed by atoms with Crippen LogP contribution in [-0.2, 0) is 30.7 Å². The number of phenolic OH excluding ortho intramolecular Hbond substituents is 1. The normalized spacial score (nSPS) is 13.4. The molecule has 0 saturated carbocycles. The van der Waals surface area contributed by atoms with E-state index in [1.807, 2.05) is 52.0 Å². The van der Waals surface area contributed by atoms with Crippen molar-refractivity contribution in [2.45, 2.75) is 79.5 Å². The molecule has 2 heterocycles. The average molecular weight is 533 g/mol. The van der Waals surface area contributed by atoms with E-state index in [1.54, 1.807) is 27.8 Å². The van der Waals surface area contributed by atoms with Crippen LogP contribution in [0.1, 0.15) is 79.5 Å². The maximum Gasteiger partial charge on any atom is 0.410 e. The van der Waals surface area contributed by atoms with Crippen molar-refractivity contribution in [1.82, 2.24) is 14.7 Å². The SMILES string of the molecule is Cc1cc(C(=O)Nc2ccc3c(c2)CCN(C(=O)OC(C)(C)C)C3)nn1Cc1cc(O)ccc1CCC(C)C. The summed E-state index contributed by atoms with van der Waals surface area (Å²) in [5, 5.41) is 17.6. The second-order valence-electron chi connectivity index (χ2n) is 11.8. The molecule has 0 bridgehead atoms.